The van der Waals surface area contributed by atoms with Gasteiger partial charge in [-0.05, 0) is 37.3 Å². The third-order valence-corrected chi connectivity index (χ3v) is 4.61. The molecule has 0 fully saturated rings. The summed E-state index contributed by atoms with van der Waals surface area (Å²) >= 11 is 0. The highest BCUT2D eigenvalue weighted by molar-refractivity contribution is 5.93. The number of nitrogen functional groups attached to an aromatic ring is 1. The van der Waals surface area contributed by atoms with Crippen molar-refractivity contribution in [2.75, 3.05) is 12.8 Å². The molecule has 1 amide bonds. The second-order valence-corrected chi connectivity index (χ2v) is 6.66. The maximum atomic E-state index is 12.9. The van der Waals surface area contributed by atoms with Crippen LogP contribution < -0.4 is 15.8 Å². The summed E-state index contributed by atoms with van der Waals surface area (Å²) in [6.45, 7) is 1.79. The first-order valence-electron chi connectivity index (χ1n) is 9.33. The molecule has 1 atom stereocenters. The summed E-state index contributed by atoms with van der Waals surface area (Å²) in [5.41, 5.74) is 8.37. The average molecular weight is 403 g/mol. The average Bonchev–Trinajstić information content (AvgIpc) is 3.41. The van der Waals surface area contributed by atoms with Crippen molar-refractivity contribution in [3.8, 4) is 22.7 Å². The second kappa shape index (κ2) is 8.08. The predicted octanol–water partition coefficient (Wildman–Crippen LogP) is 2.74. The number of aromatic nitrogens is 5. The number of rotatable bonds is 6. The summed E-state index contributed by atoms with van der Waals surface area (Å²) in [6, 6.07) is 18.6. The van der Waals surface area contributed by atoms with Crippen LogP contribution in [-0.4, -0.2) is 38.0 Å². The largest absolute Gasteiger partial charge is 0.497 e. The van der Waals surface area contributed by atoms with Crippen molar-refractivity contribution in [1.82, 2.24) is 30.3 Å². The van der Waals surface area contributed by atoms with Crippen molar-refractivity contribution in [2.24, 2.45) is 0 Å². The number of carbonyl (C=O) groups is 1. The number of ether oxygens (including phenoxy) is 1. The molecule has 9 heteroatoms. The minimum atomic E-state index is -0.409. The molecule has 0 saturated heterocycles. The third kappa shape index (κ3) is 3.86. The molecule has 0 aliphatic carbocycles. The first-order valence-corrected chi connectivity index (χ1v) is 9.33. The molecule has 0 aliphatic heterocycles. The lowest BCUT2D eigenvalue weighted by Crippen LogP contribution is -2.27. The van der Waals surface area contributed by atoms with E-state index in [0.717, 1.165) is 22.7 Å². The number of hydrogen-bond donors (Lipinski definition) is 3. The zero-order valence-corrected chi connectivity index (χ0v) is 16.5. The predicted molar refractivity (Wildman–Crippen MR) is 112 cm³/mol. The van der Waals surface area contributed by atoms with E-state index in [9.17, 15) is 4.79 Å². The van der Waals surface area contributed by atoms with Crippen molar-refractivity contribution in [3.05, 3.63) is 72.2 Å². The number of nitrogens with two attached hydrogens (primary N) is 1. The van der Waals surface area contributed by atoms with Crippen LogP contribution in [0.2, 0.25) is 0 Å². The Morgan fingerprint density at radius 1 is 1.17 bits per heavy atom. The van der Waals surface area contributed by atoms with E-state index in [1.807, 2.05) is 54.6 Å². The fourth-order valence-corrected chi connectivity index (χ4v) is 3.05. The van der Waals surface area contributed by atoms with Gasteiger partial charge in [0.1, 0.15) is 11.6 Å². The molecule has 4 rings (SSSR count). The molecule has 0 unspecified atom stereocenters. The number of aromatic amines is 1. The van der Waals surface area contributed by atoms with Crippen molar-refractivity contribution in [1.29, 1.82) is 0 Å². The summed E-state index contributed by atoms with van der Waals surface area (Å²) in [5, 5.41) is 13.9. The van der Waals surface area contributed by atoms with Crippen LogP contribution in [0.15, 0.2) is 60.7 Å². The Bertz CT molecular complexity index is 1150. The lowest BCUT2D eigenvalue weighted by molar-refractivity contribution is 0.0933. The zero-order chi connectivity index (χ0) is 21.1. The molecule has 4 aromatic rings. The number of benzene rings is 2. The van der Waals surface area contributed by atoms with Crippen molar-refractivity contribution in [2.45, 2.75) is 13.0 Å². The van der Waals surface area contributed by atoms with Crippen molar-refractivity contribution >= 4 is 11.9 Å². The number of methoxy groups -OCH3 is 1. The van der Waals surface area contributed by atoms with Gasteiger partial charge in [0.25, 0.3) is 5.91 Å². The molecule has 30 heavy (non-hydrogen) atoms. The summed E-state index contributed by atoms with van der Waals surface area (Å²) in [5.74, 6) is 1.01. The fourth-order valence-electron chi connectivity index (χ4n) is 3.05. The van der Waals surface area contributed by atoms with Gasteiger partial charge in [-0.1, -0.05) is 30.3 Å². The minimum absolute atomic E-state index is 0.126. The molecule has 2 aromatic heterocycles. The molecule has 0 spiro atoms. The van der Waals surface area contributed by atoms with Gasteiger partial charge in [-0.3, -0.25) is 9.89 Å². The highest BCUT2D eigenvalue weighted by Crippen LogP contribution is 2.25. The fraction of sp³-hybridized carbons (Fsp3) is 0.143. The number of anilines is 1. The van der Waals surface area contributed by atoms with E-state index in [-0.39, 0.29) is 17.5 Å². The summed E-state index contributed by atoms with van der Waals surface area (Å²) in [6.07, 6.45) is 0. The molecule has 2 heterocycles. The van der Waals surface area contributed by atoms with Crippen LogP contribution in [0.5, 0.6) is 5.75 Å². The SMILES string of the molecule is COc1ccc(-n2nc(C(=O)N[C@@H](C)c3nc(N)n[nH]3)cc2-c2ccccc2)cc1. The normalized spacial score (nSPS) is 11.8. The molecule has 0 aliphatic rings. The third-order valence-electron chi connectivity index (χ3n) is 4.61. The molecular formula is C21H21N7O2. The Balaban J connectivity index is 1.68. The van der Waals surface area contributed by atoms with E-state index >= 15 is 0 Å². The Hall–Kier alpha value is -4.14. The van der Waals surface area contributed by atoms with E-state index in [2.05, 4.69) is 25.6 Å². The summed E-state index contributed by atoms with van der Waals surface area (Å²) < 4.78 is 6.97. The number of nitrogens with one attached hydrogen (secondary N) is 2. The lowest BCUT2D eigenvalue weighted by Gasteiger charge is -2.09. The van der Waals surface area contributed by atoms with E-state index in [1.165, 1.54) is 0 Å². The standard InChI is InChI=1S/C21H21N7O2/c1-13(19-24-21(22)26-25-19)23-20(29)17-12-18(14-6-4-3-5-7-14)28(27-17)15-8-10-16(30-2)11-9-15/h3-13H,1-2H3,(H,23,29)(H3,22,24,25,26)/t13-/m0/s1. The van der Waals surface area contributed by atoms with E-state index in [0.29, 0.717) is 5.82 Å². The summed E-state index contributed by atoms with van der Waals surface area (Å²) in [4.78, 5) is 16.9. The topological polar surface area (TPSA) is 124 Å². The van der Waals surface area contributed by atoms with Gasteiger partial charge in [0.15, 0.2) is 5.69 Å². The Kier molecular flexibility index (Phi) is 5.17. The quantitative estimate of drug-likeness (QED) is 0.455. The number of hydrogen-bond acceptors (Lipinski definition) is 6. The minimum Gasteiger partial charge on any atom is -0.497 e. The van der Waals surface area contributed by atoms with Crippen LogP contribution in [0.4, 0.5) is 5.95 Å². The number of amides is 1. The van der Waals surface area contributed by atoms with Gasteiger partial charge in [-0.25, -0.2) is 4.68 Å². The first kappa shape index (κ1) is 19.2. The van der Waals surface area contributed by atoms with Gasteiger partial charge in [0.05, 0.1) is 24.5 Å². The molecule has 9 nitrogen and oxygen atoms in total. The van der Waals surface area contributed by atoms with E-state index in [1.54, 1.807) is 24.8 Å². The van der Waals surface area contributed by atoms with Crippen LogP contribution in [0.3, 0.4) is 0 Å². The number of carbonyl (C=O) groups excluding carboxylic acids is 1. The van der Waals surface area contributed by atoms with Gasteiger partial charge in [0.2, 0.25) is 5.95 Å². The van der Waals surface area contributed by atoms with Gasteiger partial charge in [-0.2, -0.15) is 10.1 Å². The monoisotopic (exact) mass is 403 g/mol. The highest BCUT2D eigenvalue weighted by Gasteiger charge is 2.20. The van der Waals surface area contributed by atoms with Crippen LogP contribution in [0.1, 0.15) is 29.3 Å². The highest BCUT2D eigenvalue weighted by atomic mass is 16.5. The molecule has 0 saturated carbocycles. The number of H-pyrrole nitrogens is 1. The number of nitrogens with zero attached hydrogens (tertiary/aromatic N) is 4. The Morgan fingerprint density at radius 2 is 1.90 bits per heavy atom. The second-order valence-electron chi connectivity index (χ2n) is 6.66. The Morgan fingerprint density at radius 3 is 2.53 bits per heavy atom. The maximum absolute atomic E-state index is 12.9. The lowest BCUT2D eigenvalue weighted by atomic mass is 10.1. The van der Waals surface area contributed by atoms with Gasteiger partial charge in [0, 0.05) is 5.56 Å². The van der Waals surface area contributed by atoms with Gasteiger partial charge in [-0.15, -0.1) is 5.10 Å². The van der Waals surface area contributed by atoms with Crippen LogP contribution in [0.25, 0.3) is 16.9 Å². The van der Waals surface area contributed by atoms with Crippen LogP contribution in [-0.2, 0) is 0 Å². The van der Waals surface area contributed by atoms with Gasteiger partial charge >= 0.3 is 0 Å². The Labute approximate surface area is 172 Å². The van der Waals surface area contributed by atoms with Crippen molar-refractivity contribution in [3.63, 3.8) is 0 Å². The zero-order valence-electron chi connectivity index (χ0n) is 16.5. The van der Waals surface area contributed by atoms with Crippen LogP contribution >= 0.6 is 0 Å². The summed E-state index contributed by atoms with van der Waals surface area (Å²) in [7, 11) is 1.62. The molecule has 0 bridgehead atoms. The molecule has 0 radical (unpaired) electrons. The smallest absolute Gasteiger partial charge is 0.272 e. The van der Waals surface area contributed by atoms with Crippen molar-refractivity contribution < 1.29 is 9.53 Å². The molecule has 152 valence electrons. The molecule has 4 N–H and O–H groups in total. The van der Waals surface area contributed by atoms with E-state index in [4.69, 9.17) is 10.5 Å². The van der Waals surface area contributed by atoms with E-state index < -0.39 is 6.04 Å². The molecular weight excluding hydrogens is 382 g/mol. The van der Waals surface area contributed by atoms with Gasteiger partial charge < -0.3 is 15.8 Å². The maximum Gasteiger partial charge on any atom is 0.272 e. The molecule has 2 aromatic carbocycles. The first-order chi connectivity index (χ1) is 14.5. The van der Waals surface area contributed by atoms with Crippen LogP contribution in [0, 0.1) is 0 Å².